The topological polar surface area (TPSA) is 112 Å². The third kappa shape index (κ3) is 4.13. The standard InChI is InChI=1S/C20H17F6N5O3/c1-8-14-15(20(24,25)26)34-18(27)31-19(14,7-33-8)10-4-9(2-3-11(10)21)30-17(32)13-6-28-12(5-29-13)16(22)23/h2-6,8,14-16H,7H2,1H3,(H2,27,31)(H,30,32)/t8-,14+,15+,19?/m1/s1. The van der Waals surface area contributed by atoms with Gasteiger partial charge >= 0.3 is 6.18 Å². The van der Waals surface area contributed by atoms with E-state index in [1.165, 1.54) is 6.92 Å². The van der Waals surface area contributed by atoms with Crippen LogP contribution in [0, 0.1) is 11.7 Å². The average molecular weight is 489 g/mol. The predicted octanol–water partition coefficient (Wildman–Crippen LogP) is 3.31. The number of anilines is 1. The Kier molecular flexibility index (Phi) is 5.87. The first kappa shape index (κ1) is 23.7. The third-order valence-electron chi connectivity index (χ3n) is 5.65. The molecule has 0 bridgehead atoms. The number of aromatic nitrogens is 2. The zero-order chi connectivity index (χ0) is 24.8. The first-order chi connectivity index (χ1) is 15.9. The molecule has 1 amide bonds. The van der Waals surface area contributed by atoms with E-state index in [2.05, 4.69) is 20.3 Å². The van der Waals surface area contributed by atoms with Gasteiger partial charge in [0.15, 0.2) is 0 Å². The molecule has 8 nitrogen and oxygen atoms in total. The Bertz CT molecular complexity index is 1130. The molecule has 0 saturated carbocycles. The molecule has 3 N–H and O–H groups in total. The molecule has 34 heavy (non-hydrogen) atoms. The number of carbonyl (C=O) groups excluding carboxylic acids is 1. The summed E-state index contributed by atoms with van der Waals surface area (Å²) in [5.74, 6) is -3.23. The van der Waals surface area contributed by atoms with Gasteiger partial charge < -0.3 is 20.5 Å². The number of amidine groups is 1. The van der Waals surface area contributed by atoms with Crippen LogP contribution < -0.4 is 11.1 Å². The van der Waals surface area contributed by atoms with Crippen LogP contribution in [0.25, 0.3) is 0 Å². The van der Waals surface area contributed by atoms with E-state index in [0.717, 1.165) is 30.6 Å². The number of halogens is 6. The first-order valence-electron chi connectivity index (χ1n) is 9.84. The van der Waals surface area contributed by atoms with Gasteiger partial charge in [-0.3, -0.25) is 9.78 Å². The van der Waals surface area contributed by atoms with Crippen LogP contribution >= 0.6 is 0 Å². The number of nitrogens with two attached hydrogens (primary N) is 1. The van der Waals surface area contributed by atoms with Crippen molar-refractivity contribution in [3.05, 3.63) is 53.4 Å². The summed E-state index contributed by atoms with van der Waals surface area (Å²) in [6.45, 7) is 0.973. The second-order valence-corrected chi connectivity index (χ2v) is 7.77. The lowest BCUT2D eigenvalue weighted by Gasteiger charge is -2.41. The molecule has 0 aliphatic carbocycles. The van der Waals surface area contributed by atoms with Gasteiger partial charge in [0.25, 0.3) is 18.4 Å². The van der Waals surface area contributed by atoms with Crippen molar-refractivity contribution in [2.75, 3.05) is 11.9 Å². The van der Waals surface area contributed by atoms with Crippen LogP contribution in [-0.4, -0.2) is 46.9 Å². The van der Waals surface area contributed by atoms with Gasteiger partial charge in [0.05, 0.1) is 31.0 Å². The molecule has 4 rings (SSSR count). The van der Waals surface area contributed by atoms with Gasteiger partial charge in [0.1, 0.15) is 22.7 Å². The Labute approximate surface area is 188 Å². The Morgan fingerprint density at radius 3 is 2.62 bits per heavy atom. The third-order valence-corrected chi connectivity index (χ3v) is 5.65. The van der Waals surface area contributed by atoms with Crippen molar-refractivity contribution < 1.29 is 40.6 Å². The van der Waals surface area contributed by atoms with E-state index in [9.17, 15) is 31.1 Å². The number of rotatable bonds is 4. The molecule has 0 spiro atoms. The number of aliphatic imine (C=N–C) groups is 1. The van der Waals surface area contributed by atoms with E-state index >= 15 is 0 Å². The van der Waals surface area contributed by atoms with Crippen molar-refractivity contribution in [3.8, 4) is 0 Å². The zero-order valence-electron chi connectivity index (χ0n) is 17.3. The second kappa shape index (κ2) is 8.42. The highest BCUT2D eigenvalue weighted by atomic mass is 19.4. The van der Waals surface area contributed by atoms with E-state index in [0.29, 0.717) is 0 Å². The van der Waals surface area contributed by atoms with Crippen molar-refractivity contribution >= 4 is 17.6 Å². The number of amides is 1. The molecule has 0 radical (unpaired) electrons. The van der Waals surface area contributed by atoms with Gasteiger partial charge in [-0.1, -0.05) is 0 Å². The molecule has 1 unspecified atom stereocenters. The molecular weight excluding hydrogens is 472 g/mol. The molecule has 1 aromatic carbocycles. The SMILES string of the molecule is C[C@H]1OCC2(c3cc(NC(=O)c4cnc(C(F)F)cn4)ccc3F)N=C(N)O[C@H](C(F)(F)F)[C@H]12. The number of benzene rings is 1. The Morgan fingerprint density at radius 1 is 1.26 bits per heavy atom. The molecular formula is C20H17F6N5O3. The maximum Gasteiger partial charge on any atom is 0.426 e. The summed E-state index contributed by atoms with van der Waals surface area (Å²) in [5.41, 5.74) is 2.42. The maximum atomic E-state index is 15.0. The molecule has 14 heteroatoms. The van der Waals surface area contributed by atoms with Crippen LogP contribution in [0.4, 0.5) is 32.0 Å². The van der Waals surface area contributed by atoms with Crippen LogP contribution in [-0.2, 0) is 15.0 Å². The Morgan fingerprint density at radius 2 is 2.00 bits per heavy atom. The fraction of sp³-hybridized carbons (Fsp3) is 0.400. The molecule has 1 fully saturated rings. The van der Waals surface area contributed by atoms with Gasteiger partial charge in [0.2, 0.25) is 6.10 Å². The van der Waals surface area contributed by atoms with Gasteiger partial charge in [0, 0.05) is 11.3 Å². The summed E-state index contributed by atoms with van der Waals surface area (Å²) in [6.07, 6.45) is -9.56. The largest absolute Gasteiger partial charge is 0.452 e. The quantitative estimate of drug-likeness (QED) is 0.638. The highest BCUT2D eigenvalue weighted by molar-refractivity contribution is 6.02. The number of nitrogens with one attached hydrogen (secondary N) is 1. The van der Waals surface area contributed by atoms with Gasteiger partial charge in [-0.25, -0.2) is 23.1 Å². The summed E-state index contributed by atoms with van der Waals surface area (Å²) in [4.78, 5) is 23.5. The minimum absolute atomic E-state index is 0.0161. The molecule has 2 aliphatic heterocycles. The number of hydrogen-bond donors (Lipinski definition) is 2. The summed E-state index contributed by atoms with van der Waals surface area (Å²) in [6, 6.07) is 2.43. The first-order valence-corrected chi connectivity index (χ1v) is 9.84. The molecule has 182 valence electrons. The van der Waals surface area contributed by atoms with Gasteiger partial charge in [-0.15, -0.1) is 0 Å². The lowest BCUT2D eigenvalue weighted by Crippen LogP contribution is -2.55. The minimum atomic E-state index is -4.84. The summed E-state index contributed by atoms with van der Waals surface area (Å²) in [7, 11) is 0. The Hall–Kier alpha value is -3.42. The monoisotopic (exact) mass is 489 g/mol. The Balaban J connectivity index is 1.70. The normalized spacial score (nSPS) is 26.6. The number of hydrogen-bond acceptors (Lipinski definition) is 7. The van der Waals surface area contributed by atoms with Crippen molar-refractivity contribution in [1.29, 1.82) is 0 Å². The zero-order valence-corrected chi connectivity index (χ0v) is 17.3. The molecule has 3 heterocycles. The average Bonchev–Trinajstić information content (AvgIpc) is 3.10. The number of nitrogens with zero attached hydrogens (tertiary/aromatic N) is 3. The van der Waals surface area contributed by atoms with Crippen molar-refractivity contribution in [2.45, 2.75) is 37.3 Å². The lowest BCUT2D eigenvalue weighted by atomic mass is 9.74. The lowest BCUT2D eigenvalue weighted by molar-refractivity contribution is -0.226. The van der Waals surface area contributed by atoms with Crippen molar-refractivity contribution in [2.24, 2.45) is 16.6 Å². The van der Waals surface area contributed by atoms with E-state index < -0.39 is 66.3 Å². The van der Waals surface area contributed by atoms with Crippen LogP contribution in [0.5, 0.6) is 0 Å². The smallest absolute Gasteiger partial charge is 0.426 e. The van der Waals surface area contributed by atoms with Crippen LogP contribution in [0.15, 0.2) is 35.6 Å². The highest BCUT2D eigenvalue weighted by Gasteiger charge is 2.64. The van der Waals surface area contributed by atoms with Crippen LogP contribution in [0.2, 0.25) is 0 Å². The summed E-state index contributed by atoms with van der Waals surface area (Å²) < 4.78 is 91.6. The predicted molar refractivity (Wildman–Crippen MR) is 104 cm³/mol. The van der Waals surface area contributed by atoms with Crippen molar-refractivity contribution in [1.82, 2.24) is 9.97 Å². The fourth-order valence-corrected chi connectivity index (χ4v) is 4.16. The molecule has 2 aliphatic rings. The second-order valence-electron chi connectivity index (χ2n) is 7.77. The van der Waals surface area contributed by atoms with Crippen LogP contribution in [0.1, 0.15) is 35.1 Å². The minimum Gasteiger partial charge on any atom is -0.452 e. The van der Waals surface area contributed by atoms with Crippen LogP contribution in [0.3, 0.4) is 0 Å². The highest BCUT2D eigenvalue weighted by Crippen LogP contribution is 2.51. The number of carbonyl (C=O) groups is 1. The number of fused-ring (bicyclic) bond motifs is 1. The van der Waals surface area contributed by atoms with E-state index in [1.54, 1.807) is 0 Å². The molecule has 2 aromatic rings. The molecule has 1 saturated heterocycles. The van der Waals surface area contributed by atoms with Crippen molar-refractivity contribution in [3.63, 3.8) is 0 Å². The van der Waals surface area contributed by atoms with Gasteiger partial charge in [-0.05, 0) is 25.1 Å². The number of ether oxygens (including phenoxy) is 2. The summed E-state index contributed by atoms with van der Waals surface area (Å²) >= 11 is 0. The van der Waals surface area contributed by atoms with E-state index in [-0.39, 0.29) is 16.9 Å². The number of alkyl halides is 5. The maximum absolute atomic E-state index is 15.0. The van der Waals surface area contributed by atoms with E-state index in [1.807, 2.05) is 0 Å². The molecule has 4 atom stereocenters. The molecule has 1 aromatic heterocycles. The fourth-order valence-electron chi connectivity index (χ4n) is 4.16. The summed E-state index contributed by atoms with van der Waals surface area (Å²) in [5, 5.41) is 2.38. The van der Waals surface area contributed by atoms with Gasteiger partial charge in [-0.2, -0.15) is 13.2 Å². The van der Waals surface area contributed by atoms with E-state index in [4.69, 9.17) is 15.2 Å².